The highest BCUT2D eigenvalue weighted by molar-refractivity contribution is 6.17. The zero-order valence-corrected chi connectivity index (χ0v) is 13.2. The molecule has 19 heavy (non-hydrogen) atoms. The highest BCUT2D eigenvalue weighted by atomic mass is 35.5. The van der Waals surface area contributed by atoms with Gasteiger partial charge in [0.1, 0.15) is 5.82 Å². The Hall–Kier alpha value is -0.740. The first-order chi connectivity index (χ1) is 9.08. The Bertz CT molecular complexity index is 429. The third-order valence-electron chi connectivity index (χ3n) is 4.20. The number of aromatic nitrogens is 2. The van der Waals surface area contributed by atoms with Crippen LogP contribution in [0.4, 0.5) is 5.82 Å². The summed E-state index contributed by atoms with van der Waals surface area (Å²) in [6.07, 6.45) is 2.62. The molecule has 4 nitrogen and oxygen atoms in total. The lowest BCUT2D eigenvalue weighted by Gasteiger charge is -2.29. The standard InChI is InChI=1S/C14H25ClN4/c1-5-19-8-6-7-12(19)10-17(3)14-13(9-15)11(2)16-18(14)4/h12H,5-10H2,1-4H3. The van der Waals surface area contributed by atoms with Gasteiger partial charge in [0.15, 0.2) is 0 Å². The van der Waals surface area contributed by atoms with E-state index in [-0.39, 0.29) is 0 Å². The van der Waals surface area contributed by atoms with Crippen LogP contribution in [0.1, 0.15) is 31.0 Å². The number of hydrogen-bond acceptors (Lipinski definition) is 3. The van der Waals surface area contributed by atoms with E-state index in [2.05, 4.69) is 28.9 Å². The van der Waals surface area contributed by atoms with Gasteiger partial charge in [-0.1, -0.05) is 6.92 Å². The second-order valence-corrected chi connectivity index (χ2v) is 5.72. The highest BCUT2D eigenvalue weighted by Crippen LogP contribution is 2.26. The van der Waals surface area contributed by atoms with Crippen LogP contribution in [-0.4, -0.2) is 47.4 Å². The molecule has 1 saturated heterocycles. The zero-order valence-electron chi connectivity index (χ0n) is 12.5. The maximum absolute atomic E-state index is 6.08. The summed E-state index contributed by atoms with van der Waals surface area (Å²) < 4.78 is 1.96. The van der Waals surface area contributed by atoms with Crippen LogP contribution in [0.15, 0.2) is 0 Å². The van der Waals surface area contributed by atoms with Gasteiger partial charge < -0.3 is 4.90 Å². The lowest BCUT2D eigenvalue weighted by atomic mass is 10.2. The third kappa shape index (κ3) is 2.90. The van der Waals surface area contributed by atoms with Crippen molar-refractivity contribution in [1.82, 2.24) is 14.7 Å². The van der Waals surface area contributed by atoms with E-state index in [9.17, 15) is 0 Å². The molecule has 0 aliphatic carbocycles. The van der Waals surface area contributed by atoms with E-state index in [1.165, 1.54) is 19.4 Å². The molecule has 5 heteroatoms. The van der Waals surface area contributed by atoms with Crippen molar-refractivity contribution in [3.63, 3.8) is 0 Å². The van der Waals surface area contributed by atoms with E-state index in [1.807, 2.05) is 18.7 Å². The Morgan fingerprint density at radius 1 is 1.47 bits per heavy atom. The van der Waals surface area contributed by atoms with E-state index in [4.69, 9.17) is 11.6 Å². The van der Waals surface area contributed by atoms with Gasteiger partial charge in [0.05, 0.1) is 11.6 Å². The Morgan fingerprint density at radius 2 is 2.21 bits per heavy atom. The van der Waals surface area contributed by atoms with Crippen molar-refractivity contribution < 1.29 is 0 Å². The van der Waals surface area contributed by atoms with Crippen LogP contribution in [0.2, 0.25) is 0 Å². The number of rotatable bonds is 5. The van der Waals surface area contributed by atoms with E-state index >= 15 is 0 Å². The molecule has 1 unspecified atom stereocenters. The van der Waals surface area contributed by atoms with Crippen LogP contribution in [0, 0.1) is 6.92 Å². The predicted molar refractivity (Wildman–Crippen MR) is 81.0 cm³/mol. The monoisotopic (exact) mass is 284 g/mol. The fourth-order valence-electron chi connectivity index (χ4n) is 3.24. The molecule has 1 aromatic heterocycles. The molecule has 2 rings (SSSR count). The van der Waals surface area contributed by atoms with E-state index in [0.29, 0.717) is 11.9 Å². The van der Waals surface area contributed by atoms with Crippen molar-refractivity contribution in [2.45, 2.75) is 38.6 Å². The Kier molecular flexibility index (Phi) is 4.74. The number of nitrogens with zero attached hydrogens (tertiary/aromatic N) is 4. The topological polar surface area (TPSA) is 24.3 Å². The lowest BCUT2D eigenvalue weighted by Crippen LogP contribution is -2.39. The molecule has 0 radical (unpaired) electrons. The molecule has 1 aliphatic heterocycles. The van der Waals surface area contributed by atoms with Crippen molar-refractivity contribution >= 4 is 17.4 Å². The van der Waals surface area contributed by atoms with Crippen LogP contribution in [0.5, 0.6) is 0 Å². The molecular weight excluding hydrogens is 260 g/mol. The molecule has 0 spiro atoms. The van der Waals surface area contributed by atoms with E-state index in [0.717, 1.165) is 30.2 Å². The largest absolute Gasteiger partial charge is 0.358 e. The van der Waals surface area contributed by atoms with Gasteiger partial charge in [0.2, 0.25) is 0 Å². The van der Waals surface area contributed by atoms with Crippen molar-refractivity contribution in [3.05, 3.63) is 11.3 Å². The number of alkyl halides is 1. The Labute approximate surface area is 121 Å². The van der Waals surface area contributed by atoms with Crippen LogP contribution < -0.4 is 4.90 Å². The average molecular weight is 285 g/mol. The molecule has 0 amide bonds. The molecule has 108 valence electrons. The fourth-order valence-corrected chi connectivity index (χ4v) is 3.56. The molecular formula is C14H25ClN4. The highest BCUT2D eigenvalue weighted by Gasteiger charge is 2.26. The summed E-state index contributed by atoms with van der Waals surface area (Å²) in [7, 11) is 4.15. The second kappa shape index (κ2) is 6.14. The SMILES string of the molecule is CCN1CCCC1CN(C)c1c(CCl)c(C)nn1C. The van der Waals surface area contributed by atoms with Gasteiger partial charge in [-0.3, -0.25) is 9.58 Å². The molecule has 0 aromatic carbocycles. The summed E-state index contributed by atoms with van der Waals surface area (Å²) in [6, 6.07) is 0.661. The third-order valence-corrected chi connectivity index (χ3v) is 4.47. The molecule has 1 aromatic rings. The molecule has 2 heterocycles. The van der Waals surface area contributed by atoms with Crippen molar-refractivity contribution in [3.8, 4) is 0 Å². The number of anilines is 1. The quantitative estimate of drug-likeness (QED) is 0.776. The van der Waals surface area contributed by atoms with Gasteiger partial charge in [-0.15, -0.1) is 11.6 Å². The summed E-state index contributed by atoms with van der Waals surface area (Å²) in [6.45, 7) is 7.71. The van der Waals surface area contributed by atoms with Crippen LogP contribution in [0.25, 0.3) is 0 Å². The minimum absolute atomic E-state index is 0.529. The van der Waals surface area contributed by atoms with Crippen LogP contribution in [-0.2, 0) is 12.9 Å². The van der Waals surface area contributed by atoms with Crippen molar-refractivity contribution in [2.24, 2.45) is 7.05 Å². The minimum Gasteiger partial charge on any atom is -0.358 e. The first-order valence-electron chi connectivity index (χ1n) is 7.12. The maximum Gasteiger partial charge on any atom is 0.131 e. The molecule has 0 saturated carbocycles. The smallest absolute Gasteiger partial charge is 0.131 e. The normalized spacial score (nSPS) is 20.2. The van der Waals surface area contributed by atoms with Crippen LogP contribution >= 0.6 is 11.6 Å². The number of aryl methyl sites for hydroxylation is 2. The number of likely N-dealkylation sites (tertiary alicyclic amines) is 1. The van der Waals surface area contributed by atoms with E-state index < -0.39 is 0 Å². The first-order valence-corrected chi connectivity index (χ1v) is 7.65. The maximum atomic E-state index is 6.08. The Morgan fingerprint density at radius 3 is 2.84 bits per heavy atom. The number of hydrogen-bond donors (Lipinski definition) is 0. The molecule has 0 N–H and O–H groups in total. The van der Waals surface area contributed by atoms with Gasteiger partial charge in [-0.05, 0) is 32.9 Å². The van der Waals surface area contributed by atoms with Crippen molar-refractivity contribution in [2.75, 3.05) is 31.6 Å². The van der Waals surface area contributed by atoms with Gasteiger partial charge in [-0.25, -0.2) is 0 Å². The second-order valence-electron chi connectivity index (χ2n) is 5.45. The molecule has 1 aliphatic rings. The predicted octanol–water partition coefficient (Wildman–Crippen LogP) is 2.39. The van der Waals surface area contributed by atoms with Gasteiger partial charge in [0, 0.05) is 32.2 Å². The Balaban J connectivity index is 2.13. The molecule has 1 atom stereocenters. The zero-order chi connectivity index (χ0) is 14.0. The summed E-state index contributed by atoms with van der Waals surface area (Å²) in [4.78, 5) is 4.89. The summed E-state index contributed by atoms with van der Waals surface area (Å²) in [5.74, 6) is 1.69. The van der Waals surface area contributed by atoms with Gasteiger partial charge in [0.25, 0.3) is 0 Å². The molecule has 1 fully saturated rings. The average Bonchev–Trinajstić information content (AvgIpc) is 2.92. The van der Waals surface area contributed by atoms with Gasteiger partial charge >= 0.3 is 0 Å². The lowest BCUT2D eigenvalue weighted by molar-refractivity contribution is 0.270. The summed E-state index contributed by atoms with van der Waals surface area (Å²) >= 11 is 6.08. The fraction of sp³-hybridized carbons (Fsp3) is 0.786. The first kappa shape index (κ1) is 14.7. The molecule has 0 bridgehead atoms. The van der Waals surface area contributed by atoms with E-state index in [1.54, 1.807) is 0 Å². The van der Waals surface area contributed by atoms with Crippen LogP contribution in [0.3, 0.4) is 0 Å². The summed E-state index contributed by atoms with van der Waals surface area (Å²) in [5, 5.41) is 4.49. The van der Waals surface area contributed by atoms with Crippen molar-refractivity contribution in [1.29, 1.82) is 0 Å². The number of halogens is 1. The minimum atomic E-state index is 0.529. The van der Waals surface area contributed by atoms with Gasteiger partial charge in [-0.2, -0.15) is 5.10 Å². The number of likely N-dealkylation sites (N-methyl/N-ethyl adjacent to an activating group) is 2. The summed E-state index contributed by atoms with van der Waals surface area (Å²) in [5.41, 5.74) is 2.20.